The average molecular weight is 380 g/mol. The van der Waals surface area contributed by atoms with Crippen LogP contribution in [0.1, 0.15) is 24.4 Å². The van der Waals surface area contributed by atoms with Gasteiger partial charge in [0.05, 0.1) is 29.9 Å². The van der Waals surface area contributed by atoms with Crippen molar-refractivity contribution in [3.63, 3.8) is 0 Å². The van der Waals surface area contributed by atoms with Crippen LogP contribution in [0.2, 0.25) is 0 Å². The Bertz CT molecular complexity index is 905. The van der Waals surface area contributed by atoms with Gasteiger partial charge in [-0.2, -0.15) is 0 Å². The summed E-state index contributed by atoms with van der Waals surface area (Å²) in [7, 11) is 0. The zero-order chi connectivity index (χ0) is 19.3. The van der Waals surface area contributed by atoms with Gasteiger partial charge in [-0.05, 0) is 37.6 Å². The molecule has 0 saturated carbocycles. The van der Waals surface area contributed by atoms with E-state index < -0.39 is 0 Å². The molecule has 0 bridgehead atoms. The summed E-state index contributed by atoms with van der Waals surface area (Å²) in [5, 5.41) is 3.10. The second-order valence-corrected chi connectivity index (χ2v) is 7.03. The molecule has 0 spiro atoms. The Morgan fingerprint density at radius 2 is 2.21 bits per heavy atom. The molecule has 146 valence electrons. The number of amides is 1. The number of hydrogen-bond donors (Lipinski definition) is 2. The quantitative estimate of drug-likeness (QED) is 0.686. The predicted molar refractivity (Wildman–Crippen MR) is 105 cm³/mol. The first-order valence-electron chi connectivity index (χ1n) is 9.57. The largest absolute Gasteiger partial charge is 0.484 e. The van der Waals surface area contributed by atoms with Crippen LogP contribution < -0.4 is 10.1 Å². The zero-order valence-electron chi connectivity index (χ0n) is 15.9. The van der Waals surface area contributed by atoms with Gasteiger partial charge >= 0.3 is 0 Å². The normalized spacial score (nSPS) is 19.5. The molecule has 1 aromatic carbocycles. The first-order chi connectivity index (χ1) is 13.7. The Balaban J connectivity index is 1.33. The van der Waals surface area contributed by atoms with E-state index in [-0.39, 0.29) is 18.1 Å². The number of pyridine rings is 1. The summed E-state index contributed by atoms with van der Waals surface area (Å²) in [6, 6.07) is 11.6. The third-order valence-corrected chi connectivity index (χ3v) is 4.85. The summed E-state index contributed by atoms with van der Waals surface area (Å²) in [5.41, 5.74) is 2.84. The third kappa shape index (κ3) is 4.48. The van der Waals surface area contributed by atoms with Crippen molar-refractivity contribution in [3.05, 3.63) is 54.1 Å². The zero-order valence-corrected chi connectivity index (χ0v) is 15.9. The molecule has 1 amide bonds. The Labute approximate surface area is 163 Å². The van der Waals surface area contributed by atoms with Gasteiger partial charge in [0.25, 0.3) is 0 Å². The number of rotatable bonds is 6. The Morgan fingerprint density at radius 3 is 3.04 bits per heavy atom. The molecule has 2 atom stereocenters. The molecule has 3 aromatic rings. The lowest BCUT2D eigenvalue weighted by Gasteiger charge is -2.32. The average Bonchev–Trinajstić information content (AvgIpc) is 3.13. The van der Waals surface area contributed by atoms with Crippen molar-refractivity contribution in [2.45, 2.75) is 38.3 Å². The number of nitrogens with one attached hydrogen (secondary N) is 2. The number of carbonyl (C=O) groups is 1. The maximum Gasteiger partial charge on any atom is 0.220 e. The molecule has 7 heteroatoms. The van der Waals surface area contributed by atoms with Crippen LogP contribution in [0.5, 0.6) is 5.75 Å². The lowest BCUT2D eigenvalue weighted by Crippen LogP contribution is -2.51. The van der Waals surface area contributed by atoms with Gasteiger partial charge in [-0.25, -0.2) is 4.98 Å². The van der Waals surface area contributed by atoms with E-state index in [2.05, 4.69) is 20.3 Å². The molecular weight excluding hydrogens is 356 g/mol. The SMILES string of the molecule is Cc1ccc(O[C@@H]2COCC[C@@H]2NC(=O)CCc2nc3ccccc3[nH]2)cn1. The van der Waals surface area contributed by atoms with Gasteiger partial charge in [0.15, 0.2) is 0 Å². The van der Waals surface area contributed by atoms with E-state index in [4.69, 9.17) is 9.47 Å². The van der Waals surface area contributed by atoms with Crippen molar-refractivity contribution in [3.8, 4) is 5.75 Å². The highest BCUT2D eigenvalue weighted by atomic mass is 16.5. The van der Waals surface area contributed by atoms with Crippen LogP contribution in [0, 0.1) is 6.92 Å². The fourth-order valence-corrected chi connectivity index (χ4v) is 3.33. The first kappa shape index (κ1) is 18.4. The van der Waals surface area contributed by atoms with Crippen molar-refractivity contribution in [1.82, 2.24) is 20.3 Å². The molecule has 1 aliphatic rings. The van der Waals surface area contributed by atoms with E-state index >= 15 is 0 Å². The van der Waals surface area contributed by atoms with Gasteiger partial charge in [-0.1, -0.05) is 12.1 Å². The number of aromatic nitrogens is 3. The van der Waals surface area contributed by atoms with Crippen molar-refractivity contribution in [2.75, 3.05) is 13.2 Å². The Kier molecular flexibility index (Phi) is 5.53. The number of hydrogen-bond acceptors (Lipinski definition) is 5. The Morgan fingerprint density at radius 1 is 1.32 bits per heavy atom. The van der Waals surface area contributed by atoms with E-state index in [0.717, 1.165) is 29.0 Å². The topological polar surface area (TPSA) is 89.1 Å². The Hall–Kier alpha value is -2.93. The number of carbonyl (C=O) groups excluding carboxylic acids is 1. The second-order valence-electron chi connectivity index (χ2n) is 7.03. The van der Waals surface area contributed by atoms with Crippen molar-refractivity contribution in [1.29, 1.82) is 0 Å². The van der Waals surface area contributed by atoms with Crippen molar-refractivity contribution < 1.29 is 14.3 Å². The lowest BCUT2D eigenvalue weighted by molar-refractivity contribution is -0.124. The summed E-state index contributed by atoms with van der Waals surface area (Å²) < 4.78 is 11.5. The van der Waals surface area contributed by atoms with E-state index in [1.807, 2.05) is 43.3 Å². The number of imidazole rings is 1. The van der Waals surface area contributed by atoms with E-state index in [1.54, 1.807) is 6.20 Å². The summed E-state index contributed by atoms with van der Waals surface area (Å²) in [4.78, 5) is 24.5. The van der Waals surface area contributed by atoms with Crippen LogP contribution in [-0.4, -0.2) is 46.2 Å². The molecule has 0 aliphatic carbocycles. The van der Waals surface area contributed by atoms with Crippen LogP contribution in [-0.2, 0) is 16.0 Å². The number of aromatic amines is 1. The smallest absolute Gasteiger partial charge is 0.220 e. The highest BCUT2D eigenvalue weighted by molar-refractivity contribution is 5.77. The van der Waals surface area contributed by atoms with E-state index in [0.29, 0.717) is 31.8 Å². The molecule has 1 fully saturated rings. The monoisotopic (exact) mass is 380 g/mol. The molecular formula is C21H24N4O3. The van der Waals surface area contributed by atoms with Gasteiger partial charge in [-0.3, -0.25) is 9.78 Å². The maximum absolute atomic E-state index is 12.5. The highest BCUT2D eigenvalue weighted by Gasteiger charge is 2.29. The highest BCUT2D eigenvalue weighted by Crippen LogP contribution is 2.18. The number of aryl methyl sites for hydroxylation is 2. The number of para-hydroxylation sites is 2. The summed E-state index contributed by atoms with van der Waals surface area (Å²) in [5.74, 6) is 1.49. The predicted octanol–water partition coefficient (Wildman–Crippen LogP) is 2.55. The van der Waals surface area contributed by atoms with Gasteiger partial charge in [-0.15, -0.1) is 0 Å². The van der Waals surface area contributed by atoms with Crippen molar-refractivity contribution >= 4 is 16.9 Å². The van der Waals surface area contributed by atoms with Crippen LogP contribution >= 0.6 is 0 Å². The molecule has 2 N–H and O–H groups in total. The molecule has 28 heavy (non-hydrogen) atoms. The van der Waals surface area contributed by atoms with Crippen LogP contribution in [0.15, 0.2) is 42.6 Å². The molecule has 3 heterocycles. The number of fused-ring (bicyclic) bond motifs is 1. The van der Waals surface area contributed by atoms with E-state index in [9.17, 15) is 4.79 Å². The molecule has 0 unspecified atom stereocenters. The minimum Gasteiger partial charge on any atom is -0.484 e. The summed E-state index contributed by atoms with van der Waals surface area (Å²) >= 11 is 0. The number of nitrogens with zero attached hydrogens (tertiary/aromatic N) is 2. The molecule has 0 radical (unpaired) electrons. The first-order valence-corrected chi connectivity index (χ1v) is 9.57. The number of H-pyrrole nitrogens is 1. The van der Waals surface area contributed by atoms with Gasteiger partial charge < -0.3 is 19.8 Å². The molecule has 4 rings (SSSR count). The summed E-state index contributed by atoms with van der Waals surface area (Å²) in [6.45, 7) is 2.99. The van der Waals surface area contributed by atoms with E-state index in [1.165, 1.54) is 0 Å². The fourth-order valence-electron chi connectivity index (χ4n) is 3.33. The van der Waals surface area contributed by atoms with Gasteiger partial charge in [0.1, 0.15) is 17.7 Å². The lowest BCUT2D eigenvalue weighted by atomic mass is 10.1. The fraction of sp³-hybridized carbons (Fsp3) is 0.381. The second kappa shape index (κ2) is 8.39. The van der Waals surface area contributed by atoms with Gasteiger partial charge in [0, 0.05) is 25.1 Å². The molecule has 7 nitrogen and oxygen atoms in total. The standard InChI is InChI=1S/C21H24N4O3/c1-14-6-7-15(12-22-14)28-19-13-27-11-10-18(19)25-21(26)9-8-20-23-16-4-2-3-5-17(16)24-20/h2-7,12,18-19H,8-11,13H2,1H3,(H,23,24)(H,25,26)/t18-,19+/m0/s1. The maximum atomic E-state index is 12.5. The minimum absolute atomic E-state index is 0.0111. The van der Waals surface area contributed by atoms with Gasteiger partial charge in [0.2, 0.25) is 5.91 Å². The molecule has 1 aliphatic heterocycles. The molecule has 2 aromatic heterocycles. The molecule has 1 saturated heterocycles. The van der Waals surface area contributed by atoms with Crippen LogP contribution in [0.3, 0.4) is 0 Å². The minimum atomic E-state index is -0.228. The van der Waals surface area contributed by atoms with Crippen molar-refractivity contribution in [2.24, 2.45) is 0 Å². The summed E-state index contributed by atoms with van der Waals surface area (Å²) in [6.07, 6.45) is 3.13. The van der Waals surface area contributed by atoms with Crippen LogP contribution in [0.4, 0.5) is 0 Å². The number of benzene rings is 1. The van der Waals surface area contributed by atoms with Crippen LogP contribution in [0.25, 0.3) is 11.0 Å². The third-order valence-electron chi connectivity index (χ3n) is 4.85. The number of ether oxygens (including phenoxy) is 2.